The third-order valence-corrected chi connectivity index (χ3v) is 2.76. The van der Waals surface area contributed by atoms with E-state index < -0.39 is 11.1 Å². The van der Waals surface area contributed by atoms with E-state index in [0.29, 0.717) is 11.5 Å². The maximum absolute atomic E-state index is 10.8. The van der Waals surface area contributed by atoms with Gasteiger partial charge in [0.15, 0.2) is 22.6 Å². The number of benzene rings is 1. The van der Waals surface area contributed by atoms with Crippen LogP contribution in [0.4, 0.5) is 0 Å². The highest BCUT2D eigenvalue weighted by Gasteiger charge is 2.13. The Morgan fingerprint density at radius 3 is 2.21 bits per heavy atom. The summed E-state index contributed by atoms with van der Waals surface area (Å²) in [6.45, 7) is 0. The molecule has 4 nitrogen and oxygen atoms in total. The lowest BCUT2D eigenvalue weighted by Gasteiger charge is -2.09. The summed E-state index contributed by atoms with van der Waals surface area (Å²) in [5.41, 5.74) is 0. The molecule has 0 saturated carbocycles. The third kappa shape index (κ3) is 2.17. The minimum atomic E-state index is -2.13. The minimum Gasteiger partial charge on any atom is -0.493 e. The Hall–Kier alpha value is -0.780. The van der Waals surface area contributed by atoms with Crippen LogP contribution in [0, 0.1) is 0 Å². The Bertz CT molecular complexity index is 367. The first-order valence-electron chi connectivity index (χ1n) is 3.62. The molecule has 0 radical (unpaired) electrons. The summed E-state index contributed by atoms with van der Waals surface area (Å²) in [6.07, 6.45) is 0. The number of ether oxygens (including phenoxy) is 2. The van der Waals surface area contributed by atoms with Crippen molar-refractivity contribution >= 4 is 22.7 Å². The van der Waals surface area contributed by atoms with Crippen molar-refractivity contribution in [2.45, 2.75) is 4.90 Å². The second-order valence-electron chi connectivity index (χ2n) is 2.39. The van der Waals surface area contributed by atoms with E-state index in [4.69, 9.17) is 25.6 Å². The molecule has 1 N–H and O–H groups in total. The summed E-state index contributed by atoms with van der Waals surface area (Å²) in [5.74, 6) is 0.793. The van der Waals surface area contributed by atoms with Crippen LogP contribution in [-0.2, 0) is 11.1 Å². The van der Waals surface area contributed by atoms with Gasteiger partial charge < -0.3 is 14.0 Å². The molecular formula is C8H9ClO4S. The predicted molar refractivity (Wildman–Crippen MR) is 53.6 cm³/mol. The molecule has 0 saturated heterocycles. The molecule has 0 amide bonds. The van der Waals surface area contributed by atoms with Crippen molar-refractivity contribution in [3.63, 3.8) is 0 Å². The molecule has 1 aromatic rings. The summed E-state index contributed by atoms with van der Waals surface area (Å²) < 4.78 is 29.6. The topological polar surface area (TPSA) is 55.8 Å². The van der Waals surface area contributed by atoms with Gasteiger partial charge in [0.25, 0.3) is 0 Å². The van der Waals surface area contributed by atoms with Crippen LogP contribution < -0.4 is 9.47 Å². The molecule has 0 heterocycles. The van der Waals surface area contributed by atoms with Gasteiger partial charge in [-0.25, -0.2) is 4.21 Å². The van der Waals surface area contributed by atoms with E-state index in [1.807, 2.05) is 0 Å². The second kappa shape index (κ2) is 4.63. The van der Waals surface area contributed by atoms with Crippen molar-refractivity contribution < 1.29 is 18.2 Å². The molecule has 0 aliphatic rings. The van der Waals surface area contributed by atoms with Crippen LogP contribution >= 0.6 is 11.6 Å². The highest BCUT2D eigenvalue weighted by atomic mass is 35.5. The highest BCUT2D eigenvalue weighted by Crippen LogP contribution is 2.34. The van der Waals surface area contributed by atoms with E-state index in [9.17, 15) is 4.21 Å². The molecule has 1 atom stereocenters. The lowest BCUT2D eigenvalue weighted by Crippen LogP contribution is -1.95. The van der Waals surface area contributed by atoms with Crippen LogP contribution in [0.25, 0.3) is 0 Å². The van der Waals surface area contributed by atoms with Crippen molar-refractivity contribution in [2.24, 2.45) is 0 Å². The van der Waals surface area contributed by atoms with Gasteiger partial charge in [0.05, 0.1) is 24.1 Å². The molecule has 0 spiro atoms. The zero-order chi connectivity index (χ0) is 10.7. The largest absolute Gasteiger partial charge is 0.493 e. The quantitative estimate of drug-likeness (QED) is 0.815. The molecule has 1 unspecified atom stereocenters. The van der Waals surface area contributed by atoms with E-state index in [0.717, 1.165) is 0 Å². The molecule has 14 heavy (non-hydrogen) atoms. The van der Waals surface area contributed by atoms with E-state index in [2.05, 4.69) is 0 Å². The van der Waals surface area contributed by atoms with Gasteiger partial charge in [-0.15, -0.1) is 0 Å². The number of hydrogen-bond donors (Lipinski definition) is 1. The Balaban J connectivity index is 3.30. The average molecular weight is 237 g/mol. The monoisotopic (exact) mass is 236 g/mol. The maximum atomic E-state index is 10.8. The lowest BCUT2D eigenvalue weighted by atomic mass is 10.3. The molecule has 1 rings (SSSR count). The van der Waals surface area contributed by atoms with Crippen LogP contribution in [0.5, 0.6) is 11.5 Å². The molecule has 6 heteroatoms. The molecule has 0 aliphatic heterocycles. The Morgan fingerprint density at radius 1 is 1.29 bits per heavy atom. The Labute approximate surface area is 89.1 Å². The fourth-order valence-electron chi connectivity index (χ4n) is 0.969. The number of hydrogen-bond acceptors (Lipinski definition) is 3. The molecular weight excluding hydrogens is 228 g/mol. The van der Waals surface area contributed by atoms with E-state index in [1.54, 1.807) is 0 Å². The van der Waals surface area contributed by atoms with Crippen LogP contribution in [-0.4, -0.2) is 23.0 Å². The summed E-state index contributed by atoms with van der Waals surface area (Å²) >= 11 is 3.61. The number of methoxy groups -OCH3 is 2. The van der Waals surface area contributed by atoms with Crippen molar-refractivity contribution in [1.29, 1.82) is 0 Å². The maximum Gasteiger partial charge on any atom is 0.188 e. The molecule has 0 aromatic heterocycles. The fraction of sp³-hybridized carbons (Fsp3) is 0.250. The average Bonchev–Trinajstić information content (AvgIpc) is 2.16. The molecule has 0 aliphatic carbocycles. The Morgan fingerprint density at radius 2 is 1.79 bits per heavy atom. The summed E-state index contributed by atoms with van der Waals surface area (Å²) in [5, 5.41) is 0.170. The van der Waals surface area contributed by atoms with Crippen LogP contribution in [0.15, 0.2) is 17.0 Å². The predicted octanol–water partition coefficient (Wildman–Crippen LogP) is 1.94. The standard InChI is InChI=1S/C8H9ClO4S/c1-12-6-3-5(9)8(14(10)11)4-7(6)13-2/h3-4H,1-2H3,(H,10,11). The van der Waals surface area contributed by atoms with Crippen molar-refractivity contribution in [1.82, 2.24) is 0 Å². The number of rotatable bonds is 3. The Kier molecular flexibility index (Phi) is 3.74. The first-order valence-corrected chi connectivity index (χ1v) is 5.11. The normalized spacial score (nSPS) is 12.3. The van der Waals surface area contributed by atoms with Crippen molar-refractivity contribution in [2.75, 3.05) is 14.2 Å². The SMILES string of the molecule is COc1cc(Cl)c(S(=O)O)cc1OC. The first kappa shape index (κ1) is 11.3. The van der Waals surface area contributed by atoms with Gasteiger partial charge in [0.1, 0.15) is 0 Å². The zero-order valence-corrected chi connectivity index (χ0v) is 9.19. The molecule has 0 bridgehead atoms. The van der Waals surface area contributed by atoms with E-state index >= 15 is 0 Å². The minimum absolute atomic E-state index is 0.101. The van der Waals surface area contributed by atoms with Crippen molar-refractivity contribution in [3.05, 3.63) is 17.2 Å². The summed E-state index contributed by atoms with van der Waals surface area (Å²) in [4.78, 5) is 0.101. The van der Waals surface area contributed by atoms with Gasteiger partial charge in [0.2, 0.25) is 0 Å². The van der Waals surface area contributed by atoms with Gasteiger partial charge in [-0.1, -0.05) is 11.6 Å². The smallest absolute Gasteiger partial charge is 0.188 e. The van der Waals surface area contributed by atoms with E-state index in [-0.39, 0.29) is 9.92 Å². The number of halogens is 1. The lowest BCUT2D eigenvalue weighted by molar-refractivity contribution is 0.354. The van der Waals surface area contributed by atoms with Gasteiger partial charge >= 0.3 is 0 Å². The van der Waals surface area contributed by atoms with E-state index in [1.165, 1.54) is 26.4 Å². The van der Waals surface area contributed by atoms with Gasteiger partial charge in [-0.2, -0.15) is 0 Å². The van der Waals surface area contributed by atoms with Crippen molar-refractivity contribution in [3.8, 4) is 11.5 Å². The zero-order valence-electron chi connectivity index (χ0n) is 7.61. The van der Waals surface area contributed by atoms with Gasteiger partial charge in [0, 0.05) is 12.1 Å². The first-order chi connectivity index (χ1) is 6.60. The van der Waals surface area contributed by atoms with Crippen LogP contribution in [0.3, 0.4) is 0 Å². The summed E-state index contributed by atoms with van der Waals surface area (Å²) in [6, 6.07) is 2.81. The fourth-order valence-corrected chi connectivity index (χ4v) is 1.75. The molecule has 78 valence electrons. The third-order valence-electron chi connectivity index (χ3n) is 1.63. The highest BCUT2D eigenvalue weighted by molar-refractivity contribution is 7.79. The van der Waals surface area contributed by atoms with Gasteiger partial charge in [-0.3, -0.25) is 0 Å². The van der Waals surface area contributed by atoms with Crippen LogP contribution in [0.1, 0.15) is 0 Å². The summed E-state index contributed by atoms with van der Waals surface area (Å²) in [7, 11) is 2.90. The van der Waals surface area contributed by atoms with Crippen LogP contribution in [0.2, 0.25) is 5.02 Å². The molecule has 1 aromatic carbocycles. The van der Waals surface area contributed by atoms with Gasteiger partial charge in [-0.05, 0) is 0 Å². The second-order valence-corrected chi connectivity index (χ2v) is 3.73. The molecule has 0 fully saturated rings.